The first kappa shape index (κ1) is 32.5. The average Bonchev–Trinajstić information content (AvgIpc) is 3.34. The molecule has 0 radical (unpaired) electrons. The van der Waals surface area contributed by atoms with Crippen molar-refractivity contribution in [3.8, 4) is 0 Å². The predicted octanol–water partition coefficient (Wildman–Crippen LogP) is -2.64. The van der Waals surface area contributed by atoms with Crippen LogP contribution in [-0.4, -0.2) is 105 Å². The van der Waals surface area contributed by atoms with E-state index in [9.17, 15) is 43.8 Å². The third-order valence-corrected chi connectivity index (χ3v) is 6.73. The van der Waals surface area contributed by atoms with Crippen LogP contribution in [0.15, 0.2) is 0 Å². The highest BCUT2D eigenvalue weighted by Crippen LogP contribution is 2.19. The van der Waals surface area contributed by atoms with E-state index in [1.807, 2.05) is 0 Å². The van der Waals surface area contributed by atoms with Crippen LogP contribution >= 0.6 is 0 Å². The van der Waals surface area contributed by atoms with E-state index in [0.29, 0.717) is 12.8 Å². The molecule has 2 heterocycles. The van der Waals surface area contributed by atoms with Crippen LogP contribution < -0.4 is 26.6 Å². The number of carboxylic acid groups (broad SMARTS) is 1. The molecule has 6 amide bonds. The minimum atomic E-state index is -1.66. The number of aliphatic hydroxyl groups is 1. The molecular weight excluding hydrogens is 528 g/mol. The van der Waals surface area contributed by atoms with E-state index in [-0.39, 0.29) is 18.9 Å². The number of aliphatic carboxylic acids is 1. The Hall–Kier alpha value is -3.75. The van der Waals surface area contributed by atoms with Gasteiger partial charge in [-0.3, -0.25) is 33.6 Å². The second-order valence-electron chi connectivity index (χ2n) is 10.7. The number of rotatable bonds is 5. The van der Waals surface area contributed by atoms with Crippen LogP contribution in [0.1, 0.15) is 60.3 Å². The van der Waals surface area contributed by atoms with E-state index < -0.39 is 90.2 Å². The number of fused-ring (bicyclic) bond motifs is 1. The highest BCUT2D eigenvalue weighted by molar-refractivity contribution is 5.99. The molecule has 7 N–H and O–H groups in total. The Bertz CT molecular complexity index is 1020. The van der Waals surface area contributed by atoms with Gasteiger partial charge in [-0.2, -0.15) is 0 Å². The first-order valence-corrected chi connectivity index (χ1v) is 13.3. The zero-order valence-electron chi connectivity index (χ0n) is 23.4. The molecule has 2 aliphatic heterocycles. The lowest BCUT2D eigenvalue weighted by Crippen LogP contribution is -2.62. The molecule has 0 bridgehead atoms. The molecule has 2 fully saturated rings. The van der Waals surface area contributed by atoms with Gasteiger partial charge in [0.1, 0.15) is 36.3 Å². The summed E-state index contributed by atoms with van der Waals surface area (Å²) in [6, 6.07) is -7.57. The van der Waals surface area contributed by atoms with Crippen molar-refractivity contribution in [1.82, 2.24) is 31.5 Å². The summed E-state index contributed by atoms with van der Waals surface area (Å²) in [5.41, 5.74) is 0. The number of aliphatic hydroxyl groups excluding tert-OH is 1. The molecular formula is C25H40N6O9. The van der Waals surface area contributed by atoms with Gasteiger partial charge in [0.25, 0.3) is 0 Å². The fourth-order valence-electron chi connectivity index (χ4n) is 4.61. The topological polar surface area (TPSA) is 223 Å². The highest BCUT2D eigenvalue weighted by Gasteiger charge is 2.39. The maximum Gasteiger partial charge on any atom is 0.305 e. The van der Waals surface area contributed by atoms with Gasteiger partial charge in [-0.1, -0.05) is 13.8 Å². The van der Waals surface area contributed by atoms with Crippen LogP contribution in [0.2, 0.25) is 0 Å². The van der Waals surface area contributed by atoms with Gasteiger partial charge in [0.2, 0.25) is 35.4 Å². The predicted molar refractivity (Wildman–Crippen MR) is 139 cm³/mol. The number of carboxylic acids is 1. The summed E-state index contributed by atoms with van der Waals surface area (Å²) in [6.45, 7) is 7.83. The molecule has 0 aromatic carbocycles. The van der Waals surface area contributed by atoms with E-state index in [2.05, 4.69) is 26.6 Å². The Morgan fingerprint density at radius 2 is 1.40 bits per heavy atom. The zero-order chi connectivity index (χ0) is 30.3. The van der Waals surface area contributed by atoms with Gasteiger partial charge >= 0.3 is 5.97 Å². The standard InChI is InChI=1S/C25H40N6O9/c1-11(2)9-15-21(36)28-16(10-18(33)34)22(37)30-19(14(5)32)24(39)26-12(3)20(35)27-13(4)25(40)31-8-6-7-17(31)23(38)29-15/h11-17,19,32H,6-10H2,1-5H3,(H,26,39)(H,27,35)(H,28,36)(H,29,38)(H,30,37)(H,33,34)/t12-,13-,14+,15-,16-,17+,19-/m0/s1. The van der Waals surface area contributed by atoms with E-state index in [1.165, 1.54) is 25.7 Å². The Morgan fingerprint density at radius 1 is 0.825 bits per heavy atom. The molecule has 2 aliphatic rings. The highest BCUT2D eigenvalue weighted by atomic mass is 16.4. The molecule has 0 aromatic rings. The molecule has 0 aromatic heterocycles. The molecule has 2 rings (SSSR count). The normalized spacial score (nSPS) is 30.2. The summed E-state index contributed by atoms with van der Waals surface area (Å²) in [7, 11) is 0. The summed E-state index contributed by atoms with van der Waals surface area (Å²) in [6.07, 6.45) is -1.34. The number of hydrogen-bond acceptors (Lipinski definition) is 8. The Kier molecular flexibility index (Phi) is 11.4. The molecule has 15 heteroatoms. The maximum absolute atomic E-state index is 13.3. The zero-order valence-corrected chi connectivity index (χ0v) is 23.4. The average molecular weight is 569 g/mol. The number of amides is 6. The van der Waals surface area contributed by atoms with Crippen molar-refractivity contribution in [1.29, 1.82) is 0 Å². The summed E-state index contributed by atoms with van der Waals surface area (Å²) in [5, 5.41) is 31.6. The van der Waals surface area contributed by atoms with Crippen LogP contribution in [0.4, 0.5) is 0 Å². The summed E-state index contributed by atoms with van der Waals surface area (Å²) >= 11 is 0. The minimum Gasteiger partial charge on any atom is -0.481 e. The lowest BCUT2D eigenvalue weighted by molar-refractivity contribution is -0.143. The summed E-state index contributed by atoms with van der Waals surface area (Å²) in [5.74, 6) is -6.20. The third-order valence-electron chi connectivity index (χ3n) is 6.73. The van der Waals surface area contributed by atoms with Crippen LogP contribution in [0.3, 0.4) is 0 Å². The van der Waals surface area contributed by atoms with Crippen molar-refractivity contribution >= 4 is 41.4 Å². The van der Waals surface area contributed by atoms with E-state index in [0.717, 1.165) is 0 Å². The lowest BCUT2D eigenvalue weighted by Gasteiger charge is -2.30. The minimum absolute atomic E-state index is 0.0949. The number of carbonyl (C=O) groups is 7. The molecule has 0 spiro atoms. The van der Waals surface area contributed by atoms with Crippen LogP contribution in [0.25, 0.3) is 0 Å². The van der Waals surface area contributed by atoms with Gasteiger partial charge in [0.15, 0.2) is 0 Å². The Labute approximate surface area is 232 Å². The SMILES string of the molecule is CC(C)C[C@@H]1NC(=O)[C@H]2CCCN2C(=O)[C@H](C)NC(=O)[C@H](C)NC(=O)[C@H]([C@@H](C)O)NC(=O)[C@H](CC(=O)O)NC1=O. The second kappa shape index (κ2) is 14.1. The first-order chi connectivity index (χ1) is 18.6. The summed E-state index contributed by atoms with van der Waals surface area (Å²) in [4.78, 5) is 91.1. The Balaban J connectivity index is 2.48. The lowest BCUT2D eigenvalue weighted by atomic mass is 10.0. The Morgan fingerprint density at radius 3 is 1.98 bits per heavy atom. The molecule has 7 atom stereocenters. The van der Waals surface area contributed by atoms with Crippen molar-refractivity contribution in [3.63, 3.8) is 0 Å². The third kappa shape index (κ3) is 8.63. The van der Waals surface area contributed by atoms with Gasteiger partial charge < -0.3 is 41.7 Å². The fourth-order valence-corrected chi connectivity index (χ4v) is 4.61. The number of nitrogens with zero attached hydrogens (tertiary/aromatic N) is 1. The molecule has 224 valence electrons. The van der Waals surface area contributed by atoms with Crippen molar-refractivity contribution in [3.05, 3.63) is 0 Å². The quantitative estimate of drug-likeness (QED) is 0.184. The van der Waals surface area contributed by atoms with Crippen molar-refractivity contribution in [2.24, 2.45) is 5.92 Å². The van der Waals surface area contributed by atoms with Gasteiger partial charge in [-0.05, 0) is 46.0 Å². The molecule has 15 nitrogen and oxygen atoms in total. The molecule has 0 unspecified atom stereocenters. The van der Waals surface area contributed by atoms with Crippen molar-refractivity contribution in [2.75, 3.05) is 6.54 Å². The monoisotopic (exact) mass is 568 g/mol. The van der Waals surface area contributed by atoms with Crippen LogP contribution in [-0.2, 0) is 33.6 Å². The van der Waals surface area contributed by atoms with E-state index in [1.54, 1.807) is 13.8 Å². The largest absolute Gasteiger partial charge is 0.481 e. The molecule has 2 saturated heterocycles. The van der Waals surface area contributed by atoms with Gasteiger partial charge in [-0.15, -0.1) is 0 Å². The van der Waals surface area contributed by atoms with Crippen molar-refractivity contribution < 1.29 is 43.8 Å². The van der Waals surface area contributed by atoms with Crippen LogP contribution in [0, 0.1) is 5.92 Å². The van der Waals surface area contributed by atoms with Crippen molar-refractivity contribution in [2.45, 2.75) is 103 Å². The number of nitrogens with one attached hydrogen (secondary N) is 5. The summed E-state index contributed by atoms with van der Waals surface area (Å²) < 4.78 is 0. The van der Waals surface area contributed by atoms with Crippen LogP contribution in [0.5, 0.6) is 0 Å². The van der Waals surface area contributed by atoms with Gasteiger partial charge in [0.05, 0.1) is 12.5 Å². The smallest absolute Gasteiger partial charge is 0.305 e. The van der Waals surface area contributed by atoms with E-state index in [4.69, 9.17) is 0 Å². The second-order valence-corrected chi connectivity index (χ2v) is 10.7. The maximum atomic E-state index is 13.3. The molecule has 0 saturated carbocycles. The number of carbonyl (C=O) groups excluding carboxylic acids is 6. The van der Waals surface area contributed by atoms with E-state index >= 15 is 0 Å². The first-order valence-electron chi connectivity index (χ1n) is 13.3. The molecule has 40 heavy (non-hydrogen) atoms. The fraction of sp³-hybridized carbons (Fsp3) is 0.720. The molecule has 0 aliphatic carbocycles. The van der Waals surface area contributed by atoms with Gasteiger partial charge in [-0.25, -0.2) is 0 Å². The number of hydrogen-bond donors (Lipinski definition) is 7. The van der Waals surface area contributed by atoms with Gasteiger partial charge in [0, 0.05) is 6.54 Å².